The number of guanidine groups is 1. The van der Waals surface area contributed by atoms with E-state index in [4.69, 9.17) is 0 Å². The van der Waals surface area contributed by atoms with Crippen LogP contribution in [0.1, 0.15) is 55.0 Å². The molecule has 2 aromatic rings. The lowest BCUT2D eigenvalue weighted by molar-refractivity contribution is 0.785. The molecule has 2 rings (SSSR count). The molecule has 0 saturated heterocycles. The van der Waals surface area contributed by atoms with Crippen LogP contribution in [-0.4, -0.2) is 29.0 Å². The zero-order valence-corrected chi connectivity index (χ0v) is 19.3. The Hall–Kier alpha value is -0.740. The summed E-state index contributed by atoms with van der Waals surface area (Å²) in [4.78, 5) is 13.9. The van der Waals surface area contributed by atoms with Crippen molar-refractivity contribution in [2.75, 3.05) is 13.1 Å². The van der Waals surface area contributed by atoms with Crippen molar-refractivity contribution < 1.29 is 0 Å². The summed E-state index contributed by atoms with van der Waals surface area (Å²) in [5, 5.41) is 13.2. The zero-order valence-electron chi connectivity index (χ0n) is 15.3. The molecule has 0 aliphatic rings. The van der Waals surface area contributed by atoms with Gasteiger partial charge >= 0.3 is 0 Å². The molecule has 140 valence electrons. The number of aromatic nitrogens is 2. The van der Waals surface area contributed by atoms with Crippen LogP contribution in [0.3, 0.4) is 0 Å². The third kappa shape index (κ3) is 7.57. The average Bonchev–Trinajstić information content (AvgIpc) is 3.22. The van der Waals surface area contributed by atoms with Crippen molar-refractivity contribution in [1.29, 1.82) is 0 Å². The number of thiazole rings is 2. The van der Waals surface area contributed by atoms with Crippen LogP contribution in [0.25, 0.3) is 0 Å². The maximum Gasteiger partial charge on any atom is 0.191 e. The second kappa shape index (κ2) is 11.8. The van der Waals surface area contributed by atoms with Crippen LogP contribution in [0.4, 0.5) is 0 Å². The Balaban J connectivity index is 0.00000312. The van der Waals surface area contributed by atoms with E-state index in [9.17, 15) is 0 Å². The van der Waals surface area contributed by atoms with Gasteiger partial charge in [0.1, 0.15) is 5.01 Å². The fraction of sp³-hybridized carbons (Fsp3) is 0.588. The Morgan fingerprint density at radius 1 is 1.12 bits per heavy atom. The van der Waals surface area contributed by atoms with E-state index in [1.165, 1.54) is 5.01 Å². The quantitative estimate of drug-likeness (QED) is 0.329. The molecule has 0 saturated carbocycles. The van der Waals surface area contributed by atoms with E-state index >= 15 is 0 Å². The summed E-state index contributed by atoms with van der Waals surface area (Å²) < 4.78 is 0. The van der Waals surface area contributed by atoms with Gasteiger partial charge in [-0.25, -0.2) is 15.0 Å². The molecule has 0 aromatic carbocycles. The number of rotatable bonds is 8. The van der Waals surface area contributed by atoms with Gasteiger partial charge in [0.05, 0.1) is 22.9 Å². The first kappa shape index (κ1) is 22.3. The first-order valence-corrected chi connectivity index (χ1v) is 10.3. The monoisotopic (exact) mass is 493 g/mol. The maximum absolute atomic E-state index is 4.63. The normalized spacial score (nSPS) is 11.5. The molecule has 5 nitrogen and oxygen atoms in total. The largest absolute Gasteiger partial charge is 0.357 e. The van der Waals surface area contributed by atoms with Gasteiger partial charge < -0.3 is 10.6 Å². The highest BCUT2D eigenvalue weighted by atomic mass is 127. The van der Waals surface area contributed by atoms with E-state index < -0.39 is 0 Å². The molecular formula is C17H28IN5S2. The van der Waals surface area contributed by atoms with Gasteiger partial charge in [0.25, 0.3) is 0 Å². The number of aryl methyl sites for hydroxylation is 1. The zero-order chi connectivity index (χ0) is 17.4. The molecule has 25 heavy (non-hydrogen) atoms. The maximum atomic E-state index is 4.63. The molecule has 0 radical (unpaired) electrons. The number of hydrogen-bond donors (Lipinski definition) is 2. The fourth-order valence-electron chi connectivity index (χ4n) is 2.09. The van der Waals surface area contributed by atoms with Crippen molar-refractivity contribution in [2.24, 2.45) is 4.99 Å². The van der Waals surface area contributed by atoms with Crippen LogP contribution < -0.4 is 10.6 Å². The van der Waals surface area contributed by atoms with Gasteiger partial charge in [0.2, 0.25) is 0 Å². The van der Waals surface area contributed by atoms with E-state index in [-0.39, 0.29) is 24.0 Å². The highest BCUT2D eigenvalue weighted by molar-refractivity contribution is 14.0. The number of nitrogens with zero attached hydrogens (tertiary/aromatic N) is 3. The summed E-state index contributed by atoms with van der Waals surface area (Å²) in [7, 11) is 0. The third-order valence-electron chi connectivity index (χ3n) is 3.45. The lowest BCUT2D eigenvalue weighted by Crippen LogP contribution is -2.38. The molecule has 0 fully saturated rings. The van der Waals surface area contributed by atoms with Gasteiger partial charge in [-0.2, -0.15) is 0 Å². The molecule has 2 heterocycles. The van der Waals surface area contributed by atoms with E-state index in [0.717, 1.165) is 48.3 Å². The van der Waals surface area contributed by atoms with Crippen molar-refractivity contribution in [1.82, 2.24) is 20.6 Å². The van der Waals surface area contributed by atoms with Gasteiger partial charge in [0.15, 0.2) is 5.96 Å². The Morgan fingerprint density at radius 3 is 2.48 bits per heavy atom. The van der Waals surface area contributed by atoms with Crippen LogP contribution in [0.5, 0.6) is 0 Å². The number of hydrogen-bond acceptors (Lipinski definition) is 5. The van der Waals surface area contributed by atoms with E-state index in [1.807, 2.05) is 0 Å². The molecule has 0 aliphatic heterocycles. The molecule has 0 amide bonds. The van der Waals surface area contributed by atoms with Gasteiger partial charge in [-0.15, -0.1) is 46.7 Å². The highest BCUT2D eigenvalue weighted by Crippen LogP contribution is 2.18. The smallest absolute Gasteiger partial charge is 0.191 e. The van der Waals surface area contributed by atoms with E-state index in [1.54, 1.807) is 22.7 Å². The van der Waals surface area contributed by atoms with Crippen molar-refractivity contribution in [2.45, 2.75) is 53.0 Å². The SMILES string of the molecule is CCNC(=NCc1nc(C(C)C)cs1)NCCc1csc(CC)n1.I. The minimum absolute atomic E-state index is 0. The third-order valence-corrected chi connectivity index (χ3v) is 5.35. The number of aliphatic imine (C=N–C) groups is 1. The Labute approximate surface area is 175 Å². The van der Waals surface area contributed by atoms with Gasteiger partial charge in [-0.3, -0.25) is 0 Å². The fourth-order valence-corrected chi connectivity index (χ4v) is 3.74. The lowest BCUT2D eigenvalue weighted by Gasteiger charge is -2.10. The molecule has 8 heteroatoms. The first-order chi connectivity index (χ1) is 11.6. The summed E-state index contributed by atoms with van der Waals surface area (Å²) in [6.07, 6.45) is 1.92. The van der Waals surface area contributed by atoms with Crippen molar-refractivity contribution in [3.8, 4) is 0 Å². The summed E-state index contributed by atoms with van der Waals surface area (Å²) in [6.45, 7) is 10.8. The minimum atomic E-state index is 0. The summed E-state index contributed by atoms with van der Waals surface area (Å²) >= 11 is 3.42. The van der Waals surface area contributed by atoms with Crippen molar-refractivity contribution >= 4 is 52.6 Å². The van der Waals surface area contributed by atoms with Crippen LogP contribution in [0.2, 0.25) is 0 Å². The topological polar surface area (TPSA) is 62.2 Å². The molecular weight excluding hydrogens is 465 g/mol. The van der Waals surface area contributed by atoms with Crippen LogP contribution in [0, 0.1) is 0 Å². The second-order valence-corrected chi connectivity index (χ2v) is 7.66. The lowest BCUT2D eigenvalue weighted by atomic mass is 10.2. The second-order valence-electron chi connectivity index (χ2n) is 5.78. The Bertz CT molecular complexity index is 651. The molecule has 0 bridgehead atoms. The summed E-state index contributed by atoms with van der Waals surface area (Å²) in [5.74, 6) is 1.31. The Kier molecular flexibility index (Phi) is 10.5. The summed E-state index contributed by atoms with van der Waals surface area (Å²) in [6, 6.07) is 0. The predicted octanol–water partition coefficient (Wildman–Crippen LogP) is 4.20. The van der Waals surface area contributed by atoms with E-state index in [2.05, 4.69) is 64.0 Å². The molecule has 2 N–H and O–H groups in total. The van der Waals surface area contributed by atoms with Crippen LogP contribution in [-0.2, 0) is 19.4 Å². The number of nitrogens with one attached hydrogen (secondary N) is 2. The highest BCUT2D eigenvalue weighted by Gasteiger charge is 2.06. The first-order valence-electron chi connectivity index (χ1n) is 8.52. The standard InChI is InChI=1S/C17H27N5S2.HI/c1-5-15-21-13(10-23-15)7-8-19-17(18-6-2)20-9-16-22-14(11-24-16)12(3)4;/h10-12H,5-9H2,1-4H3,(H2,18,19,20);1H. The van der Waals surface area contributed by atoms with Gasteiger partial charge in [0, 0.05) is 30.3 Å². The van der Waals surface area contributed by atoms with E-state index in [0.29, 0.717) is 12.5 Å². The molecule has 0 aliphatic carbocycles. The van der Waals surface area contributed by atoms with Crippen LogP contribution >= 0.6 is 46.7 Å². The molecule has 0 unspecified atom stereocenters. The average molecular weight is 493 g/mol. The molecule has 2 aromatic heterocycles. The molecule has 0 spiro atoms. The Morgan fingerprint density at radius 2 is 1.88 bits per heavy atom. The predicted molar refractivity (Wildman–Crippen MR) is 120 cm³/mol. The molecule has 0 atom stereocenters. The number of halogens is 1. The van der Waals surface area contributed by atoms with Gasteiger partial charge in [-0.1, -0.05) is 20.8 Å². The van der Waals surface area contributed by atoms with Crippen molar-refractivity contribution in [3.05, 3.63) is 32.2 Å². The summed E-state index contributed by atoms with van der Waals surface area (Å²) in [5.41, 5.74) is 2.31. The van der Waals surface area contributed by atoms with Crippen molar-refractivity contribution in [3.63, 3.8) is 0 Å². The minimum Gasteiger partial charge on any atom is -0.357 e. The van der Waals surface area contributed by atoms with Gasteiger partial charge in [-0.05, 0) is 19.3 Å². The van der Waals surface area contributed by atoms with Crippen LogP contribution in [0.15, 0.2) is 15.8 Å².